The SMILES string of the molecule is NCC1CCC(C(=O)NOC2CCCC2)CC1. The topological polar surface area (TPSA) is 64.4 Å². The Morgan fingerprint density at radius 1 is 1.12 bits per heavy atom. The second-order valence-electron chi connectivity index (χ2n) is 5.44. The monoisotopic (exact) mass is 240 g/mol. The molecule has 4 heteroatoms. The number of carbonyl (C=O) groups is 1. The molecule has 2 aliphatic rings. The predicted molar refractivity (Wildman–Crippen MR) is 66.0 cm³/mol. The summed E-state index contributed by atoms with van der Waals surface area (Å²) in [7, 11) is 0. The summed E-state index contributed by atoms with van der Waals surface area (Å²) in [6.45, 7) is 0.757. The standard InChI is InChI=1S/C13H24N2O2/c14-9-10-5-7-11(8-6-10)13(16)15-17-12-3-1-2-4-12/h10-12H,1-9,14H2,(H,15,16). The molecule has 4 nitrogen and oxygen atoms in total. The minimum absolute atomic E-state index is 0.0763. The van der Waals surface area contributed by atoms with Crippen molar-refractivity contribution in [2.24, 2.45) is 17.6 Å². The molecule has 98 valence electrons. The summed E-state index contributed by atoms with van der Waals surface area (Å²) < 4.78 is 0. The third-order valence-corrected chi connectivity index (χ3v) is 4.18. The second-order valence-corrected chi connectivity index (χ2v) is 5.44. The van der Waals surface area contributed by atoms with Gasteiger partial charge in [-0.3, -0.25) is 9.63 Å². The van der Waals surface area contributed by atoms with E-state index in [4.69, 9.17) is 10.6 Å². The van der Waals surface area contributed by atoms with Crippen molar-refractivity contribution in [3.05, 3.63) is 0 Å². The Labute approximate surface area is 103 Å². The molecule has 0 heterocycles. The second kappa shape index (κ2) is 6.36. The van der Waals surface area contributed by atoms with Gasteiger partial charge >= 0.3 is 0 Å². The van der Waals surface area contributed by atoms with Gasteiger partial charge in [0.2, 0.25) is 5.91 Å². The zero-order valence-electron chi connectivity index (χ0n) is 10.5. The lowest BCUT2D eigenvalue weighted by Crippen LogP contribution is -2.36. The normalized spacial score (nSPS) is 30.4. The quantitative estimate of drug-likeness (QED) is 0.736. The van der Waals surface area contributed by atoms with Crippen LogP contribution in [0.1, 0.15) is 51.4 Å². The Morgan fingerprint density at radius 3 is 2.35 bits per heavy atom. The largest absolute Gasteiger partial charge is 0.330 e. The van der Waals surface area contributed by atoms with E-state index in [9.17, 15) is 4.79 Å². The molecule has 0 radical (unpaired) electrons. The van der Waals surface area contributed by atoms with Crippen LogP contribution < -0.4 is 11.2 Å². The molecule has 0 atom stereocenters. The molecule has 0 aromatic rings. The van der Waals surface area contributed by atoms with E-state index in [0.29, 0.717) is 5.92 Å². The third kappa shape index (κ3) is 3.68. The number of hydrogen-bond donors (Lipinski definition) is 2. The Hall–Kier alpha value is -0.610. The lowest BCUT2D eigenvalue weighted by Gasteiger charge is -2.26. The van der Waals surface area contributed by atoms with Crippen LogP contribution in [-0.2, 0) is 9.63 Å². The predicted octanol–water partition coefficient (Wildman–Crippen LogP) is 1.74. The number of hydroxylamine groups is 1. The van der Waals surface area contributed by atoms with Crippen LogP contribution in [0, 0.1) is 11.8 Å². The fraction of sp³-hybridized carbons (Fsp3) is 0.923. The zero-order valence-corrected chi connectivity index (χ0v) is 10.5. The minimum Gasteiger partial charge on any atom is -0.330 e. The molecule has 2 rings (SSSR count). The first-order chi connectivity index (χ1) is 8.29. The number of hydrogen-bond acceptors (Lipinski definition) is 3. The van der Waals surface area contributed by atoms with Crippen molar-refractivity contribution in [2.75, 3.05) is 6.54 Å². The third-order valence-electron chi connectivity index (χ3n) is 4.18. The lowest BCUT2D eigenvalue weighted by molar-refractivity contribution is -0.143. The van der Waals surface area contributed by atoms with Gasteiger partial charge in [-0.2, -0.15) is 0 Å². The molecule has 17 heavy (non-hydrogen) atoms. The maximum Gasteiger partial charge on any atom is 0.246 e. The molecule has 0 aromatic carbocycles. The summed E-state index contributed by atoms with van der Waals surface area (Å²) in [5.41, 5.74) is 8.30. The van der Waals surface area contributed by atoms with Gasteiger partial charge in [-0.25, -0.2) is 5.48 Å². The average Bonchev–Trinajstić information content (AvgIpc) is 2.89. The van der Waals surface area contributed by atoms with Crippen LogP contribution in [0.5, 0.6) is 0 Å². The summed E-state index contributed by atoms with van der Waals surface area (Å²) >= 11 is 0. The minimum atomic E-state index is 0.0763. The van der Waals surface area contributed by atoms with Crippen LogP contribution in [0.25, 0.3) is 0 Å². The van der Waals surface area contributed by atoms with E-state index in [-0.39, 0.29) is 17.9 Å². The fourth-order valence-corrected chi connectivity index (χ4v) is 2.89. The van der Waals surface area contributed by atoms with Crippen molar-refractivity contribution in [2.45, 2.75) is 57.5 Å². The van der Waals surface area contributed by atoms with Crippen molar-refractivity contribution >= 4 is 5.91 Å². The number of nitrogens with two attached hydrogens (primary N) is 1. The van der Waals surface area contributed by atoms with Crippen molar-refractivity contribution in [3.63, 3.8) is 0 Å². The van der Waals surface area contributed by atoms with Crippen LogP contribution in [0.4, 0.5) is 0 Å². The average molecular weight is 240 g/mol. The fourth-order valence-electron chi connectivity index (χ4n) is 2.89. The van der Waals surface area contributed by atoms with Crippen LogP contribution in [0.3, 0.4) is 0 Å². The molecule has 3 N–H and O–H groups in total. The van der Waals surface area contributed by atoms with Crippen LogP contribution >= 0.6 is 0 Å². The first-order valence-corrected chi connectivity index (χ1v) is 6.95. The summed E-state index contributed by atoms with van der Waals surface area (Å²) in [5.74, 6) is 0.835. The van der Waals surface area contributed by atoms with Gasteiger partial charge in [0.05, 0.1) is 6.10 Å². The van der Waals surface area contributed by atoms with Gasteiger partial charge in [0.1, 0.15) is 0 Å². The van der Waals surface area contributed by atoms with Crippen molar-refractivity contribution < 1.29 is 9.63 Å². The number of carbonyl (C=O) groups excluding carboxylic acids is 1. The van der Waals surface area contributed by atoms with Crippen LogP contribution in [0.2, 0.25) is 0 Å². The van der Waals surface area contributed by atoms with Gasteiger partial charge in [-0.05, 0) is 51.0 Å². The van der Waals surface area contributed by atoms with Crippen LogP contribution in [0.15, 0.2) is 0 Å². The van der Waals surface area contributed by atoms with Crippen LogP contribution in [-0.4, -0.2) is 18.6 Å². The first-order valence-electron chi connectivity index (χ1n) is 6.95. The lowest BCUT2D eigenvalue weighted by atomic mass is 9.82. The van der Waals surface area contributed by atoms with Crippen molar-refractivity contribution in [3.8, 4) is 0 Å². The smallest absolute Gasteiger partial charge is 0.246 e. The van der Waals surface area contributed by atoms with Gasteiger partial charge in [-0.15, -0.1) is 0 Å². The summed E-state index contributed by atoms with van der Waals surface area (Å²) in [6, 6.07) is 0. The van der Waals surface area contributed by atoms with E-state index in [2.05, 4.69) is 5.48 Å². The highest BCUT2D eigenvalue weighted by atomic mass is 16.7. The highest BCUT2D eigenvalue weighted by Crippen LogP contribution is 2.28. The molecular formula is C13H24N2O2. The van der Waals surface area contributed by atoms with E-state index >= 15 is 0 Å². The van der Waals surface area contributed by atoms with Gasteiger partial charge in [0.25, 0.3) is 0 Å². The Bertz CT molecular complexity index is 244. The molecule has 0 saturated heterocycles. The molecule has 0 aliphatic heterocycles. The molecule has 0 aromatic heterocycles. The molecule has 2 aliphatic carbocycles. The van der Waals surface area contributed by atoms with E-state index < -0.39 is 0 Å². The highest BCUT2D eigenvalue weighted by molar-refractivity contribution is 5.77. The van der Waals surface area contributed by atoms with E-state index in [1.165, 1.54) is 12.8 Å². The summed E-state index contributed by atoms with van der Waals surface area (Å²) in [6.07, 6.45) is 8.95. The maximum absolute atomic E-state index is 11.9. The van der Waals surface area contributed by atoms with E-state index in [1.807, 2.05) is 0 Å². The molecule has 1 amide bonds. The maximum atomic E-state index is 11.9. The Kier molecular flexibility index (Phi) is 4.80. The van der Waals surface area contributed by atoms with Gasteiger partial charge in [-0.1, -0.05) is 12.8 Å². The number of amides is 1. The summed E-state index contributed by atoms with van der Waals surface area (Å²) in [5, 5.41) is 0. The Balaban J connectivity index is 1.66. The summed E-state index contributed by atoms with van der Waals surface area (Å²) in [4.78, 5) is 17.3. The van der Waals surface area contributed by atoms with Gasteiger partial charge < -0.3 is 5.73 Å². The zero-order chi connectivity index (χ0) is 12.1. The van der Waals surface area contributed by atoms with Gasteiger partial charge in [0, 0.05) is 5.92 Å². The van der Waals surface area contributed by atoms with E-state index in [1.54, 1.807) is 0 Å². The van der Waals surface area contributed by atoms with Gasteiger partial charge in [0.15, 0.2) is 0 Å². The molecular weight excluding hydrogens is 216 g/mol. The Morgan fingerprint density at radius 2 is 1.76 bits per heavy atom. The molecule has 2 fully saturated rings. The molecule has 2 saturated carbocycles. The number of nitrogens with one attached hydrogen (secondary N) is 1. The highest BCUT2D eigenvalue weighted by Gasteiger charge is 2.26. The van der Waals surface area contributed by atoms with E-state index in [0.717, 1.165) is 45.1 Å². The molecule has 0 unspecified atom stereocenters. The van der Waals surface area contributed by atoms with Crippen molar-refractivity contribution in [1.29, 1.82) is 0 Å². The van der Waals surface area contributed by atoms with Crippen molar-refractivity contribution in [1.82, 2.24) is 5.48 Å². The molecule has 0 spiro atoms. The first kappa shape index (κ1) is 12.8. The number of rotatable bonds is 4. The molecule has 0 bridgehead atoms.